The van der Waals surface area contributed by atoms with Crippen molar-refractivity contribution in [2.45, 2.75) is 6.42 Å². The first-order valence-electron chi connectivity index (χ1n) is 4.51. The molecule has 82 valence electrons. The number of aromatic carboxylic acids is 1. The maximum Gasteiger partial charge on any atom is 0.356 e. The highest BCUT2D eigenvalue weighted by molar-refractivity contribution is 5.94. The first-order chi connectivity index (χ1) is 7.65. The fraction of sp³-hybridized carbons (Fsp3) is 0.100. The Bertz CT molecular complexity index is 573. The van der Waals surface area contributed by atoms with Crippen LogP contribution in [0.2, 0.25) is 0 Å². The molecule has 0 atom stereocenters. The largest absolute Gasteiger partial charge is 0.494 e. The number of fused-ring (bicyclic) bond motifs is 1. The Kier molecular flexibility index (Phi) is 2.32. The Morgan fingerprint density at radius 2 is 2.25 bits per heavy atom. The van der Waals surface area contributed by atoms with Gasteiger partial charge in [-0.2, -0.15) is 0 Å². The minimum Gasteiger partial charge on any atom is -0.494 e. The fourth-order valence-electron chi connectivity index (χ4n) is 1.56. The second-order valence-corrected chi connectivity index (χ2v) is 3.16. The number of aromatic hydroxyl groups is 1. The predicted octanol–water partition coefficient (Wildman–Crippen LogP) is 0.479. The third kappa shape index (κ3) is 1.40. The lowest BCUT2D eigenvalue weighted by Gasteiger charge is -2.00. The molecule has 6 nitrogen and oxygen atoms in total. The van der Waals surface area contributed by atoms with Gasteiger partial charge in [-0.05, 0) is 12.1 Å². The van der Waals surface area contributed by atoms with Crippen LogP contribution in [0.15, 0.2) is 18.2 Å². The van der Waals surface area contributed by atoms with Crippen LogP contribution in [0.3, 0.4) is 0 Å². The Balaban J connectivity index is 2.81. The molecule has 0 aliphatic carbocycles. The van der Waals surface area contributed by atoms with Gasteiger partial charge in [-0.3, -0.25) is 4.40 Å². The minimum atomic E-state index is -1.19. The van der Waals surface area contributed by atoms with Gasteiger partial charge >= 0.3 is 5.97 Å². The first-order valence-corrected chi connectivity index (χ1v) is 4.51. The summed E-state index contributed by atoms with van der Waals surface area (Å²) < 4.78 is 1.25. The Labute approximate surface area is 89.8 Å². The average molecular weight is 220 g/mol. The maximum atomic E-state index is 10.9. The summed E-state index contributed by atoms with van der Waals surface area (Å²) >= 11 is 0. The summed E-state index contributed by atoms with van der Waals surface area (Å²) in [5, 5.41) is 18.5. The average Bonchev–Trinajstić information content (AvgIpc) is 2.59. The zero-order valence-corrected chi connectivity index (χ0v) is 8.12. The van der Waals surface area contributed by atoms with Crippen LogP contribution in [0, 0.1) is 0 Å². The van der Waals surface area contributed by atoms with Crippen LogP contribution >= 0.6 is 0 Å². The van der Waals surface area contributed by atoms with Crippen LogP contribution in [-0.2, 0) is 11.2 Å². The van der Waals surface area contributed by atoms with Crippen LogP contribution in [-0.4, -0.2) is 31.9 Å². The van der Waals surface area contributed by atoms with Crippen molar-refractivity contribution in [1.82, 2.24) is 9.38 Å². The van der Waals surface area contributed by atoms with E-state index in [-0.39, 0.29) is 29.3 Å². The Morgan fingerprint density at radius 3 is 2.88 bits per heavy atom. The molecule has 2 aromatic heterocycles. The smallest absolute Gasteiger partial charge is 0.356 e. The van der Waals surface area contributed by atoms with E-state index in [1.165, 1.54) is 22.6 Å². The topological polar surface area (TPSA) is 91.9 Å². The van der Waals surface area contributed by atoms with Gasteiger partial charge in [0.25, 0.3) is 0 Å². The Hall–Kier alpha value is -2.37. The number of imidazole rings is 1. The van der Waals surface area contributed by atoms with Crippen molar-refractivity contribution in [2.24, 2.45) is 0 Å². The molecule has 6 heteroatoms. The van der Waals surface area contributed by atoms with Crippen molar-refractivity contribution in [3.05, 3.63) is 29.7 Å². The van der Waals surface area contributed by atoms with Gasteiger partial charge in [-0.1, -0.05) is 6.07 Å². The minimum absolute atomic E-state index is 0.0496. The van der Waals surface area contributed by atoms with Crippen molar-refractivity contribution in [1.29, 1.82) is 0 Å². The summed E-state index contributed by atoms with van der Waals surface area (Å²) in [6.45, 7) is 0. The predicted molar refractivity (Wildman–Crippen MR) is 53.6 cm³/mol. The van der Waals surface area contributed by atoms with Gasteiger partial charge < -0.3 is 15.0 Å². The van der Waals surface area contributed by atoms with Crippen LogP contribution in [0.4, 0.5) is 0 Å². The highest BCUT2D eigenvalue weighted by Crippen LogP contribution is 2.19. The number of carbonyl (C=O) groups excluding carboxylic acids is 1. The molecule has 0 saturated heterocycles. The molecule has 0 spiro atoms. The highest BCUT2D eigenvalue weighted by Gasteiger charge is 2.17. The number of pyridine rings is 1. The molecule has 0 amide bonds. The maximum absolute atomic E-state index is 10.9. The molecule has 0 aliphatic rings. The van der Waals surface area contributed by atoms with E-state index < -0.39 is 5.97 Å². The highest BCUT2D eigenvalue weighted by atomic mass is 16.4. The van der Waals surface area contributed by atoms with Crippen LogP contribution in [0.1, 0.15) is 16.3 Å². The van der Waals surface area contributed by atoms with E-state index in [1.807, 2.05) is 0 Å². The fourth-order valence-corrected chi connectivity index (χ4v) is 1.56. The van der Waals surface area contributed by atoms with Crippen molar-refractivity contribution in [3.63, 3.8) is 0 Å². The molecule has 0 aliphatic heterocycles. The van der Waals surface area contributed by atoms with Crippen molar-refractivity contribution >= 4 is 17.8 Å². The summed E-state index contributed by atoms with van der Waals surface area (Å²) in [6, 6.07) is 4.43. The van der Waals surface area contributed by atoms with E-state index in [0.29, 0.717) is 6.29 Å². The lowest BCUT2D eigenvalue weighted by molar-refractivity contribution is -0.107. The number of carboxylic acid groups (broad SMARTS) is 1. The number of hydrogen-bond donors (Lipinski definition) is 2. The van der Waals surface area contributed by atoms with E-state index in [1.54, 1.807) is 0 Å². The molecule has 0 saturated carbocycles. The van der Waals surface area contributed by atoms with Gasteiger partial charge in [0, 0.05) is 0 Å². The molecule has 16 heavy (non-hydrogen) atoms. The van der Waals surface area contributed by atoms with E-state index in [0.717, 1.165) is 0 Å². The number of aromatic nitrogens is 2. The number of aldehydes is 1. The van der Waals surface area contributed by atoms with Gasteiger partial charge in [0.2, 0.25) is 0 Å². The van der Waals surface area contributed by atoms with Crippen molar-refractivity contribution in [2.75, 3.05) is 0 Å². The third-order valence-corrected chi connectivity index (χ3v) is 2.18. The van der Waals surface area contributed by atoms with Crippen LogP contribution in [0.5, 0.6) is 5.88 Å². The van der Waals surface area contributed by atoms with Gasteiger partial charge in [0.15, 0.2) is 11.6 Å². The van der Waals surface area contributed by atoms with Gasteiger partial charge in [0.05, 0.1) is 11.9 Å². The van der Waals surface area contributed by atoms with Crippen LogP contribution < -0.4 is 0 Å². The van der Waals surface area contributed by atoms with Gasteiger partial charge in [-0.15, -0.1) is 0 Å². The normalized spacial score (nSPS) is 10.5. The molecular weight excluding hydrogens is 212 g/mol. The molecule has 2 heterocycles. The van der Waals surface area contributed by atoms with E-state index in [9.17, 15) is 14.7 Å². The first kappa shape index (κ1) is 10.2. The lowest BCUT2D eigenvalue weighted by atomic mass is 10.3. The summed E-state index contributed by atoms with van der Waals surface area (Å²) in [5.41, 5.74) is 0.0945. The zero-order chi connectivity index (χ0) is 11.7. The summed E-state index contributed by atoms with van der Waals surface area (Å²) in [6.07, 6.45) is 0.554. The van der Waals surface area contributed by atoms with Crippen LogP contribution in [0.25, 0.3) is 5.52 Å². The molecular formula is C10H8N2O4. The zero-order valence-electron chi connectivity index (χ0n) is 8.12. The lowest BCUT2D eigenvalue weighted by Crippen LogP contribution is -1.97. The summed E-state index contributed by atoms with van der Waals surface area (Å²) in [4.78, 5) is 25.1. The molecule has 0 unspecified atom stereocenters. The van der Waals surface area contributed by atoms with E-state index in [4.69, 9.17) is 5.11 Å². The number of carbonyl (C=O) groups is 2. The SMILES string of the molecule is O=CCc1nc(C(=O)O)c2cccc(O)n12. The molecule has 0 bridgehead atoms. The van der Waals surface area contributed by atoms with Gasteiger partial charge in [0.1, 0.15) is 12.1 Å². The summed E-state index contributed by atoms with van der Waals surface area (Å²) in [7, 11) is 0. The number of nitrogens with zero attached hydrogens (tertiary/aromatic N) is 2. The molecule has 2 N–H and O–H groups in total. The quantitative estimate of drug-likeness (QED) is 0.734. The molecule has 2 aromatic rings. The monoisotopic (exact) mass is 220 g/mol. The van der Waals surface area contributed by atoms with Gasteiger partial charge in [-0.25, -0.2) is 9.78 Å². The molecule has 0 fully saturated rings. The molecule has 2 rings (SSSR count). The van der Waals surface area contributed by atoms with E-state index >= 15 is 0 Å². The van der Waals surface area contributed by atoms with Crippen molar-refractivity contribution in [3.8, 4) is 5.88 Å². The third-order valence-electron chi connectivity index (χ3n) is 2.18. The second kappa shape index (κ2) is 3.65. The van der Waals surface area contributed by atoms with E-state index in [2.05, 4.69) is 4.98 Å². The Morgan fingerprint density at radius 1 is 1.50 bits per heavy atom. The van der Waals surface area contributed by atoms with Crippen molar-refractivity contribution < 1.29 is 19.8 Å². The number of carboxylic acids is 1. The second-order valence-electron chi connectivity index (χ2n) is 3.16. The molecule has 0 radical (unpaired) electrons. The standard InChI is InChI=1S/C10H8N2O4/c13-5-4-7-11-9(10(15)16)6-2-1-3-8(14)12(6)7/h1-3,5,14H,4H2,(H,15,16). The number of rotatable bonds is 3. The number of hydrogen-bond acceptors (Lipinski definition) is 4. The summed E-state index contributed by atoms with van der Waals surface area (Å²) in [5.74, 6) is -1.13. The molecule has 0 aromatic carbocycles.